The van der Waals surface area contributed by atoms with Crippen LogP contribution in [0.5, 0.6) is 5.75 Å². The third-order valence-corrected chi connectivity index (χ3v) is 2.64. The lowest BCUT2D eigenvalue weighted by Gasteiger charge is -2.19. The number of benzene rings is 1. The van der Waals surface area contributed by atoms with Gasteiger partial charge in [-0.15, -0.1) is 0 Å². The van der Waals surface area contributed by atoms with Crippen LogP contribution in [0, 0.1) is 0 Å². The van der Waals surface area contributed by atoms with Crippen LogP contribution >= 0.6 is 0 Å². The predicted molar refractivity (Wildman–Crippen MR) is 71.0 cm³/mol. The molecule has 0 saturated heterocycles. The second-order valence-electron chi connectivity index (χ2n) is 4.31. The minimum atomic E-state index is -1.02. The number of nitrogens with one attached hydrogen (secondary N) is 2. The standard InChI is InChI=1S/C12H14N4O4/c13-7(4-10(14)17)12(19)15-6-1-2-9-8(3-6)16-11(18)5-20-9/h1-3,7H,4-5,13H2,(H2,14,17)(H,15,19)(H,16,18). The zero-order valence-electron chi connectivity index (χ0n) is 10.5. The van der Waals surface area contributed by atoms with Gasteiger partial charge in [0, 0.05) is 5.69 Å². The highest BCUT2D eigenvalue weighted by molar-refractivity contribution is 5.99. The van der Waals surface area contributed by atoms with Crippen molar-refractivity contribution in [1.29, 1.82) is 0 Å². The molecule has 1 aliphatic rings. The van der Waals surface area contributed by atoms with Gasteiger partial charge in [-0.3, -0.25) is 14.4 Å². The van der Waals surface area contributed by atoms with Crippen LogP contribution in [-0.2, 0) is 14.4 Å². The van der Waals surface area contributed by atoms with Crippen LogP contribution in [0.4, 0.5) is 11.4 Å². The fourth-order valence-corrected chi connectivity index (χ4v) is 1.71. The molecule has 1 heterocycles. The van der Waals surface area contributed by atoms with Crippen molar-refractivity contribution in [1.82, 2.24) is 0 Å². The molecule has 6 N–H and O–H groups in total. The number of fused-ring (bicyclic) bond motifs is 1. The number of amides is 3. The van der Waals surface area contributed by atoms with Gasteiger partial charge in [-0.25, -0.2) is 0 Å². The number of ether oxygens (including phenoxy) is 1. The van der Waals surface area contributed by atoms with Gasteiger partial charge < -0.3 is 26.8 Å². The first kappa shape index (κ1) is 13.8. The van der Waals surface area contributed by atoms with E-state index in [1.54, 1.807) is 18.2 Å². The molecule has 1 aromatic carbocycles. The minimum absolute atomic E-state index is 0.0395. The van der Waals surface area contributed by atoms with Crippen molar-refractivity contribution in [3.63, 3.8) is 0 Å². The van der Waals surface area contributed by atoms with Crippen LogP contribution in [0.3, 0.4) is 0 Å². The molecule has 1 unspecified atom stereocenters. The Morgan fingerprint density at radius 2 is 2.20 bits per heavy atom. The van der Waals surface area contributed by atoms with Crippen LogP contribution in [-0.4, -0.2) is 30.4 Å². The third-order valence-electron chi connectivity index (χ3n) is 2.64. The molecule has 8 heteroatoms. The lowest BCUT2D eigenvalue weighted by Crippen LogP contribution is -2.39. The maximum Gasteiger partial charge on any atom is 0.262 e. The number of carbonyl (C=O) groups is 3. The number of primary amides is 1. The van der Waals surface area contributed by atoms with Crippen molar-refractivity contribution in [3.8, 4) is 5.75 Å². The minimum Gasteiger partial charge on any atom is -0.482 e. The van der Waals surface area contributed by atoms with E-state index in [1.165, 1.54) is 0 Å². The van der Waals surface area contributed by atoms with Crippen LogP contribution in [0.15, 0.2) is 18.2 Å². The van der Waals surface area contributed by atoms with Gasteiger partial charge >= 0.3 is 0 Å². The van der Waals surface area contributed by atoms with Crippen LogP contribution in [0.25, 0.3) is 0 Å². The fraction of sp³-hybridized carbons (Fsp3) is 0.250. The van der Waals surface area contributed by atoms with E-state index in [2.05, 4.69) is 10.6 Å². The highest BCUT2D eigenvalue weighted by atomic mass is 16.5. The number of anilines is 2. The Morgan fingerprint density at radius 1 is 1.45 bits per heavy atom. The Balaban J connectivity index is 2.07. The lowest BCUT2D eigenvalue weighted by atomic mass is 10.2. The molecule has 0 aliphatic carbocycles. The number of nitrogens with two attached hydrogens (primary N) is 2. The van der Waals surface area contributed by atoms with Gasteiger partial charge in [0.1, 0.15) is 5.75 Å². The van der Waals surface area contributed by atoms with E-state index in [0.717, 1.165) is 0 Å². The molecule has 1 aliphatic heterocycles. The smallest absolute Gasteiger partial charge is 0.262 e. The SMILES string of the molecule is NC(=O)CC(N)C(=O)Nc1ccc2c(c1)NC(=O)CO2. The Bertz CT molecular complexity index is 573. The molecule has 0 radical (unpaired) electrons. The lowest BCUT2D eigenvalue weighted by molar-refractivity contribution is -0.123. The molecule has 1 aromatic rings. The van der Waals surface area contributed by atoms with Gasteiger partial charge in [-0.05, 0) is 18.2 Å². The molecule has 0 saturated carbocycles. The van der Waals surface area contributed by atoms with Crippen molar-refractivity contribution in [2.75, 3.05) is 17.2 Å². The predicted octanol–water partition coefficient (Wildman–Crippen LogP) is -0.841. The summed E-state index contributed by atoms with van der Waals surface area (Å²) >= 11 is 0. The Kier molecular flexibility index (Phi) is 3.85. The summed E-state index contributed by atoms with van der Waals surface area (Å²) in [5.74, 6) is -0.944. The van der Waals surface area contributed by atoms with Crippen molar-refractivity contribution in [2.45, 2.75) is 12.5 Å². The van der Waals surface area contributed by atoms with Gasteiger partial charge in [0.05, 0.1) is 18.2 Å². The molecule has 20 heavy (non-hydrogen) atoms. The van der Waals surface area contributed by atoms with Gasteiger partial charge in [-0.1, -0.05) is 0 Å². The molecule has 106 valence electrons. The van der Waals surface area contributed by atoms with Gasteiger partial charge in [0.15, 0.2) is 6.61 Å². The summed E-state index contributed by atoms with van der Waals surface area (Å²) in [4.78, 5) is 33.6. The fourth-order valence-electron chi connectivity index (χ4n) is 1.71. The first-order valence-corrected chi connectivity index (χ1v) is 5.87. The van der Waals surface area contributed by atoms with Crippen LogP contribution < -0.4 is 26.8 Å². The highest BCUT2D eigenvalue weighted by Gasteiger charge is 2.19. The zero-order chi connectivity index (χ0) is 14.7. The van der Waals surface area contributed by atoms with E-state index in [9.17, 15) is 14.4 Å². The van der Waals surface area contributed by atoms with Crippen molar-refractivity contribution < 1.29 is 19.1 Å². The third kappa shape index (κ3) is 3.23. The van der Waals surface area contributed by atoms with E-state index >= 15 is 0 Å². The summed E-state index contributed by atoms with van der Waals surface area (Å²) < 4.78 is 5.19. The highest BCUT2D eigenvalue weighted by Crippen LogP contribution is 2.30. The van der Waals surface area contributed by atoms with E-state index < -0.39 is 17.9 Å². The second-order valence-corrected chi connectivity index (χ2v) is 4.31. The van der Waals surface area contributed by atoms with E-state index in [-0.39, 0.29) is 18.9 Å². The van der Waals surface area contributed by atoms with E-state index in [4.69, 9.17) is 16.2 Å². The largest absolute Gasteiger partial charge is 0.482 e. The number of hydrogen-bond acceptors (Lipinski definition) is 5. The molecule has 3 amide bonds. The molecule has 0 spiro atoms. The van der Waals surface area contributed by atoms with Crippen molar-refractivity contribution in [2.24, 2.45) is 11.5 Å². The van der Waals surface area contributed by atoms with E-state index in [0.29, 0.717) is 17.1 Å². The van der Waals surface area contributed by atoms with Crippen molar-refractivity contribution >= 4 is 29.1 Å². The number of hydrogen-bond donors (Lipinski definition) is 4. The van der Waals surface area contributed by atoms with Gasteiger partial charge in [-0.2, -0.15) is 0 Å². The molecular weight excluding hydrogens is 264 g/mol. The van der Waals surface area contributed by atoms with Crippen LogP contribution in [0.1, 0.15) is 6.42 Å². The molecule has 0 aromatic heterocycles. The molecular formula is C12H14N4O4. The first-order valence-electron chi connectivity index (χ1n) is 5.87. The molecule has 2 rings (SSSR count). The average molecular weight is 278 g/mol. The second kappa shape index (κ2) is 5.57. The first-order chi connectivity index (χ1) is 9.45. The zero-order valence-corrected chi connectivity index (χ0v) is 10.5. The topological polar surface area (TPSA) is 137 Å². The number of rotatable bonds is 4. The summed E-state index contributed by atoms with van der Waals surface area (Å²) in [6.07, 6.45) is -0.239. The molecule has 0 bridgehead atoms. The van der Waals surface area contributed by atoms with Crippen LogP contribution in [0.2, 0.25) is 0 Å². The average Bonchev–Trinajstić information content (AvgIpc) is 2.37. The Hall–Kier alpha value is -2.61. The summed E-state index contributed by atoms with van der Waals surface area (Å²) in [5.41, 5.74) is 11.4. The molecule has 0 fully saturated rings. The van der Waals surface area contributed by atoms with Gasteiger partial charge in [0.25, 0.3) is 5.91 Å². The van der Waals surface area contributed by atoms with Gasteiger partial charge in [0.2, 0.25) is 11.8 Å². The molecule has 8 nitrogen and oxygen atoms in total. The summed E-state index contributed by atoms with van der Waals surface area (Å²) in [7, 11) is 0. The van der Waals surface area contributed by atoms with E-state index in [1.807, 2.05) is 0 Å². The normalized spacial score (nSPS) is 14.6. The maximum absolute atomic E-state index is 11.7. The monoisotopic (exact) mass is 278 g/mol. The Morgan fingerprint density at radius 3 is 2.90 bits per heavy atom. The van der Waals surface area contributed by atoms with Crippen molar-refractivity contribution in [3.05, 3.63) is 18.2 Å². The number of carbonyl (C=O) groups excluding carboxylic acids is 3. The molecule has 1 atom stereocenters. The summed E-state index contributed by atoms with van der Waals surface area (Å²) in [5, 5.41) is 5.15. The summed E-state index contributed by atoms with van der Waals surface area (Å²) in [6.45, 7) is -0.0395. The quantitative estimate of drug-likeness (QED) is 0.569. The Labute approximate surface area is 114 Å². The summed E-state index contributed by atoms with van der Waals surface area (Å²) in [6, 6.07) is 3.74. The maximum atomic E-state index is 11.7.